The minimum absolute atomic E-state index is 0. The van der Waals surface area contributed by atoms with Gasteiger partial charge in [0.05, 0.1) is 0 Å². The Morgan fingerprint density at radius 3 is 0.632 bits per heavy atom. The third-order valence-corrected chi connectivity index (χ3v) is 1.20. The molecule has 0 fully saturated rings. The van der Waals surface area contributed by atoms with E-state index in [1.165, 1.54) is 0 Å². The fraction of sp³-hybridized carbons (Fsp3) is 1.00. The SMILES string of the molecule is O=S(=O)([O-])CF.O=S(=O)([O-])CF.O=S(=O)([O-])CF.[In+3]. The molecule has 0 radical (unpaired) electrons. The number of rotatable bonds is 3. The van der Waals surface area contributed by atoms with Crippen LogP contribution in [0.5, 0.6) is 0 Å². The van der Waals surface area contributed by atoms with Crippen LogP contribution >= 0.6 is 0 Å². The van der Waals surface area contributed by atoms with Crippen LogP contribution in [-0.2, 0) is 30.4 Å². The van der Waals surface area contributed by atoms with Gasteiger partial charge in [0.25, 0.3) is 0 Å². The van der Waals surface area contributed by atoms with E-state index in [1.54, 1.807) is 0 Å². The third kappa shape index (κ3) is 56.0. The van der Waals surface area contributed by atoms with Crippen LogP contribution in [0.25, 0.3) is 0 Å². The Kier molecular flexibility index (Phi) is 17.7. The molecule has 0 aromatic heterocycles. The molecule has 0 aliphatic heterocycles. The van der Waals surface area contributed by atoms with Gasteiger partial charge in [-0.05, 0) is 0 Å². The van der Waals surface area contributed by atoms with Gasteiger partial charge in [0, 0.05) is 0 Å². The molecule has 0 aliphatic carbocycles. The summed E-state index contributed by atoms with van der Waals surface area (Å²) in [6, 6.07) is -5.44. The molecule has 0 unspecified atom stereocenters. The van der Waals surface area contributed by atoms with E-state index in [2.05, 4.69) is 0 Å². The summed E-state index contributed by atoms with van der Waals surface area (Å²) >= 11 is 0. The van der Waals surface area contributed by atoms with Crippen molar-refractivity contribution in [2.45, 2.75) is 0 Å². The molecule has 0 N–H and O–H groups in total. The molecule has 0 aromatic rings. The normalized spacial score (nSPS) is 11.1. The molecule has 114 valence electrons. The molecule has 0 amide bonds. The number of halogens is 3. The van der Waals surface area contributed by atoms with Crippen LogP contribution in [0.4, 0.5) is 13.2 Å². The second-order valence-electron chi connectivity index (χ2n) is 2.00. The number of hydrogen-bond donors (Lipinski definition) is 0. The van der Waals surface area contributed by atoms with Crippen LogP contribution in [0.1, 0.15) is 0 Å². The van der Waals surface area contributed by atoms with Gasteiger partial charge in [0.1, 0.15) is 30.4 Å². The Balaban J connectivity index is -0.0000000865. The first kappa shape index (κ1) is 27.7. The maximum absolute atomic E-state index is 10.6. The van der Waals surface area contributed by atoms with Crippen LogP contribution < -0.4 is 0 Å². The molecule has 0 rings (SSSR count). The van der Waals surface area contributed by atoms with Crippen molar-refractivity contribution in [1.29, 1.82) is 0 Å². The third-order valence-electron chi connectivity index (χ3n) is 0.401. The fourth-order valence-electron chi connectivity index (χ4n) is 0. The summed E-state index contributed by atoms with van der Waals surface area (Å²) in [6.07, 6.45) is 0. The van der Waals surface area contributed by atoms with Crippen LogP contribution in [0.3, 0.4) is 0 Å². The summed E-state index contributed by atoms with van der Waals surface area (Å²) < 4.78 is 113. The van der Waals surface area contributed by atoms with Crippen molar-refractivity contribution >= 4 is 56.2 Å². The molecule has 16 heteroatoms. The van der Waals surface area contributed by atoms with Gasteiger partial charge in [-0.25, -0.2) is 38.4 Å². The van der Waals surface area contributed by atoms with Crippen LogP contribution in [-0.4, -0.2) is 82.8 Å². The van der Waals surface area contributed by atoms with E-state index in [0.717, 1.165) is 0 Å². The molecule has 19 heavy (non-hydrogen) atoms. The zero-order valence-corrected chi connectivity index (χ0v) is 14.5. The van der Waals surface area contributed by atoms with E-state index >= 15 is 0 Å². The van der Waals surface area contributed by atoms with Crippen LogP contribution in [0, 0.1) is 0 Å². The molecule has 0 spiro atoms. The molecular weight excluding hydrogens is 448 g/mol. The van der Waals surface area contributed by atoms with Gasteiger partial charge in [-0.2, -0.15) is 0 Å². The number of alkyl halides is 3. The fourth-order valence-corrected chi connectivity index (χ4v) is 0. The first-order valence-electron chi connectivity index (χ1n) is 3.17. The summed E-state index contributed by atoms with van der Waals surface area (Å²) in [7, 11) is -13.7. The minimum atomic E-state index is -4.58. The van der Waals surface area contributed by atoms with Crippen molar-refractivity contribution in [2.24, 2.45) is 0 Å². The summed E-state index contributed by atoms with van der Waals surface area (Å²) in [5, 5.41) is 0. The molecule has 0 saturated heterocycles. The first-order chi connectivity index (χ1) is 7.68. The zero-order chi connectivity index (χ0) is 15.6. The van der Waals surface area contributed by atoms with Crippen molar-refractivity contribution in [3.63, 3.8) is 0 Å². The Bertz CT molecular complexity index is 420. The maximum atomic E-state index is 10.6. The van der Waals surface area contributed by atoms with Crippen molar-refractivity contribution in [2.75, 3.05) is 18.0 Å². The Morgan fingerprint density at radius 1 is 0.579 bits per heavy atom. The zero-order valence-electron chi connectivity index (χ0n) is 8.73. The second kappa shape index (κ2) is 12.2. The van der Waals surface area contributed by atoms with Gasteiger partial charge >= 0.3 is 25.8 Å². The van der Waals surface area contributed by atoms with E-state index < -0.39 is 48.4 Å². The largest absolute Gasteiger partial charge is 3.00 e. The minimum Gasteiger partial charge on any atom is -0.746 e. The first-order valence-corrected chi connectivity index (χ1v) is 7.90. The van der Waals surface area contributed by atoms with E-state index in [4.69, 9.17) is 38.9 Å². The van der Waals surface area contributed by atoms with E-state index in [0.29, 0.717) is 0 Å². The summed E-state index contributed by atoms with van der Waals surface area (Å²) in [4.78, 5) is 0. The van der Waals surface area contributed by atoms with Gasteiger partial charge in [-0.1, -0.05) is 0 Å². The molecule has 0 heterocycles. The smallest absolute Gasteiger partial charge is 0.746 e. The van der Waals surface area contributed by atoms with Crippen LogP contribution in [0.2, 0.25) is 0 Å². The van der Waals surface area contributed by atoms with Gasteiger partial charge in [0.15, 0.2) is 18.0 Å². The average molecular weight is 454 g/mol. The Morgan fingerprint density at radius 2 is 0.632 bits per heavy atom. The standard InChI is InChI=1S/3CH3FO3S.In/c3*2-1-6(3,4)5;/h3*1H2,(H,3,4,5);/q;;;+3/p-3. The molecule has 0 aromatic carbocycles. The van der Waals surface area contributed by atoms with Gasteiger partial charge < -0.3 is 13.7 Å². The molecule has 0 aliphatic rings. The van der Waals surface area contributed by atoms with Gasteiger partial charge in [-0.3, -0.25) is 0 Å². The second-order valence-corrected chi connectivity index (χ2v) is 6.00. The predicted octanol–water partition coefficient (Wildman–Crippen LogP) is -2.00. The quantitative estimate of drug-likeness (QED) is 0.437. The van der Waals surface area contributed by atoms with Crippen molar-refractivity contribution in [3.8, 4) is 0 Å². The molecule has 0 saturated carbocycles. The van der Waals surface area contributed by atoms with Gasteiger partial charge in [-0.15, -0.1) is 0 Å². The molecule has 9 nitrogen and oxygen atoms in total. The topological polar surface area (TPSA) is 172 Å². The van der Waals surface area contributed by atoms with Crippen LogP contribution in [0.15, 0.2) is 0 Å². The molecule has 0 bridgehead atoms. The molecule has 0 atom stereocenters. The number of hydrogen-bond acceptors (Lipinski definition) is 9. The van der Waals surface area contributed by atoms with E-state index in [9.17, 15) is 13.2 Å². The van der Waals surface area contributed by atoms with E-state index in [1.807, 2.05) is 0 Å². The van der Waals surface area contributed by atoms with Crippen molar-refractivity contribution < 1.29 is 52.1 Å². The Labute approximate surface area is 126 Å². The maximum Gasteiger partial charge on any atom is 3.00 e. The monoisotopic (exact) mass is 454 g/mol. The average Bonchev–Trinajstić information content (AvgIpc) is 2.16. The van der Waals surface area contributed by atoms with Crippen molar-refractivity contribution in [3.05, 3.63) is 0 Å². The Hall–Kier alpha value is 0.390. The van der Waals surface area contributed by atoms with E-state index in [-0.39, 0.29) is 25.8 Å². The predicted molar refractivity (Wildman–Crippen MR) is 52.8 cm³/mol. The summed E-state index contributed by atoms with van der Waals surface area (Å²) in [5.41, 5.74) is 0. The van der Waals surface area contributed by atoms with Crippen molar-refractivity contribution in [1.82, 2.24) is 0 Å². The summed E-state index contributed by atoms with van der Waals surface area (Å²) in [6.45, 7) is 0. The molecular formula is C3H6F3InO9S3. The van der Waals surface area contributed by atoms with Gasteiger partial charge in [0.2, 0.25) is 0 Å². The summed E-state index contributed by atoms with van der Waals surface area (Å²) in [5.74, 6) is 0.